The maximum Gasteiger partial charge on any atom is 0.00684 e. The summed E-state index contributed by atoms with van der Waals surface area (Å²) in [6, 6.07) is 0.907. The summed E-state index contributed by atoms with van der Waals surface area (Å²) >= 11 is 0. The van der Waals surface area contributed by atoms with Gasteiger partial charge in [-0.3, -0.25) is 0 Å². The summed E-state index contributed by atoms with van der Waals surface area (Å²) in [5.74, 6) is 3.36. The van der Waals surface area contributed by atoms with Crippen molar-refractivity contribution in [3.05, 3.63) is 0 Å². The van der Waals surface area contributed by atoms with Crippen LogP contribution in [0.5, 0.6) is 0 Å². The van der Waals surface area contributed by atoms with E-state index in [0.29, 0.717) is 0 Å². The largest absolute Gasteiger partial charge is 0.313 e. The molecule has 4 rings (SSSR count). The zero-order valence-electron chi connectivity index (χ0n) is 11.8. The lowest BCUT2D eigenvalue weighted by Gasteiger charge is -2.39. The predicted molar refractivity (Wildman–Crippen MR) is 75.5 cm³/mol. The molecule has 2 atom stereocenters. The second-order valence-electron chi connectivity index (χ2n) is 7.87. The lowest BCUT2D eigenvalue weighted by Crippen LogP contribution is -2.40. The van der Waals surface area contributed by atoms with Crippen LogP contribution < -0.4 is 5.32 Å². The molecule has 0 heterocycles. The Balaban J connectivity index is 1.46. The molecule has 4 saturated carbocycles. The Morgan fingerprint density at radius 3 is 2.11 bits per heavy atom. The number of rotatable bonds is 4. The smallest absolute Gasteiger partial charge is 0.00684 e. The van der Waals surface area contributed by atoms with Crippen LogP contribution >= 0.6 is 0 Å². The van der Waals surface area contributed by atoms with Crippen LogP contribution in [0.15, 0.2) is 0 Å². The molecule has 102 valence electrons. The van der Waals surface area contributed by atoms with Crippen molar-refractivity contribution in [2.45, 2.75) is 76.7 Å². The van der Waals surface area contributed by atoms with Crippen LogP contribution in [0.25, 0.3) is 0 Å². The zero-order valence-corrected chi connectivity index (χ0v) is 11.8. The average Bonchev–Trinajstić information content (AvgIpc) is 3.27. The molecule has 4 aliphatic carbocycles. The first-order chi connectivity index (χ1) is 8.86. The minimum atomic E-state index is 0.737. The van der Waals surface area contributed by atoms with Crippen LogP contribution in [-0.4, -0.2) is 12.6 Å². The Morgan fingerprint density at radius 1 is 0.833 bits per heavy atom. The minimum Gasteiger partial charge on any atom is -0.313 e. The molecule has 0 aliphatic heterocycles. The Bertz CT molecular complexity index is 289. The SMILES string of the molecule is C1CCCC(C2(CNC3CC3)CC3CC3C2)CC1. The molecular weight excluding hydrogens is 218 g/mol. The van der Waals surface area contributed by atoms with E-state index in [2.05, 4.69) is 5.32 Å². The van der Waals surface area contributed by atoms with E-state index in [9.17, 15) is 0 Å². The van der Waals surface area contributed by atoms with Gasteiger partial charge in [0, 0.05) is 12.6 Å². The Labute approximate surface area is 112 Å². The monoisotopic (exact) mass is 247 g/mol. The van der Waals surface area contributed by atoms with Gasteiger partial charge in [-0.2, -0.15) is 0 Å². The van der Waals surface area contributed by atoms with Crippen molar-refractivity contribution < 1.29 is 0 Å². The van der Waals surface area contributed by atoms with Gasteiger partial charge in [-0.25, -0.2) is 0 Å². The molecule has 1 N–H and O–H groups in total. The Morgan fingerprint density at radius 2 is 1.50 bits per heavy atom. The van der Waals surface area contributed by atoms with E-state index >= 15 is 0 Å². The molecule has 1 heteroatoms. The normalized spacial score (nSPS) is 44.7. The fraction of sp³-hybridized carbons (Fsp3) is 1.00. The van der Waals surface area contributed by atoms with Crippen molar-refractivity contribution in [3.63, 3.8) is 0 Å². The Kier molecular flexibility index (Phi) is 2.94. The molecule has 0 aromatic carbocycles. The van der Waals surface area contributed by atoms with Gasteiger partial charge in [0.25, 0.3) is 0 Å². The molecule has 2 unspecified atom stereocenters. The summed E-state index contributed by atoms with van der Waals surface area (Å²) in [5, 5.41) is 3.90. The van der Waals surface area contributed by atoms with E-state index < -0.39 is 0 Å². The van der Waals surface area contributed by atoms with E-state index in [1.165, 1.54) is 45.1 Å². The van der Waals surface area contributed by atoms with Crippen LogP contribution in [-0.2, 0) is 0 Å². The lowest BCUT2D eigenvalue weighted by atomic mass is 9.68. The molecule has 18 heavy (non-hydrogen) atoms. The van der Waals surface area contributed by atoms with Gasteiger partial charge in [-0.15, -0.1) is 0 Å². The maximum absolute atomic E-state index is 3.90. The van der Waals surface area contributed by atoms with Gasteiger partial charge in [0.05, 0.1) is 0 Å². The number of hydrogen-bond donors (Lipinski definition) is 1. The summed E-state index contributed by atoms with van der Waals surface area (Å²) in [4.78, 5) is 0. The third-order valence-corrected chi connectivity index (χ3v) is 6.45. The summed E-state index contributed by atoms with van der Waals surface area (Å²) in [7, 11) is 0. The van der Waals surface area contributed by atoms with Crippen molar-refractivity contribution in [2.24, 2.45) is 23.2 Å². The standard InChI is InChI=1S/C17H29N/c1-2-4-6-15(5-3-1)17(12-18-16-7-8-16)10-13-9-14(13)11-17/h13-16,18H,1-12H2. The highest BCUT2D eigenvalue weighted by Crippen LogP contribution is 2.63. The van der Waals surface area contributed by atoms with Crippen LogP contribution in [0.2, 0.25) is 0 Å². The number of hydrogen-bond acceptors (Lipinski definition) is 1. The van der Waals surface area contributed by atoms with Gasteiger partial charge in [0.15, 0.2) is 0 Å². The number of fused-ring (bicyclic) bond motifs is 1. The van der Waals surface area contributed by atoms with Crippen molar-refractivity contribution in [1.29, 1.82) is 0 Å². The van der Waals surface area contributed by atoms with Crippen molar-refractivity contribution in [2.75, 3.05) is 6.54 Å². The second kappa shape index (κ2) is 4.51. The van der Waals surface area contributed by atoms with Crippen molar-refractivity contribution in [3.8, 4) is 0 Å². The quantitative estimate of drug-likeness (QED) is 0.737. The first-order valence-electron chi connectivity index (χ1n) is 8.59. The van der Waals surface area contributed by atoms with Crippen molar-refractivity contribution in [1.82, 2.24) is 5.32 Å². The highest BCUT2D eigenvalue weighted by Gasteiger charge is 2.56. The van der Waals surface area contributed by atoms with Crippen LogP contribution in [0, 0.1) is 23.2 Å². The molecule has 0 spiro atoms. The van der Waals surface area contributed by atoms with E-state index in [4.69, 9.17) is 0 Å². The van der Waals surface area contributed by atoms with Crippen LogP contribution in [0.1, 0.15) is 70.6 Å². The van der Waals surface area contributed by atoms with E-state index in [0.717, 1.165) is 29.2 Å². The van der Waals surface area contributed by atoms with E-state index in [-0.39, 0.29) is 0 Å². The van der Waals surface area contributed by atoms with Gasteiger partial charge >= 0.3 is 0 Å². The number of nitrogens with one attached hydrogen (secondary N) is 1. The van der Waals surface area contributed by atoms with Crippen LogP contribution in [0.4, 0.5) is 0 Å². The maximum atomic E-state index is 3.90. The highest BCUT2D eigenvalue weighted by molar-refractivity contribution is 5.07. The van der Waals surface area contributed by atoms with E-state index in [1.807, 2.05) is 0 Å². The fourth-order valence-corrected chi connectivity index (χ4v) is 5.09. The van der Waals surface area contributed by atoms with Gasteiger partial charge in [-0.05, 0) is 68.1 Å². The van der Waals surface area contributed by atoms with Gasteiger partial charge in [-0.1, -0.05) is 25.7 Å². The lowest BCUT2D eigenvalue weighted by molar-refractivity contribution is 0.124. The molecule has 0 aromatic heterocycles. The van der Waals surface area contributed by atoms with Crippen LogP contribution in [0.3, 0.4) is 0 Å². The first kappa shape index (κ1) is 11.8. The summed E-state index contributed by atoms with van der Waals surface area (Å²) in [6.07, 6.45) is 16.8. The molecule has 1 nitrogen and oxygen atoms in total. The van der Waals surface area contributed by atoms with Gasteiger partial charge in [0.2, 0.25) is 0 Å². The van der Waals surface area contributed by atoms with Gasteiger partial charge < -0.3 is 5.32 Å². The topological polar surface area (TPSA) is 12.0 Å². The summed E-state index contributed by atoms with van der Waals surface area (Å²) in [6.45, 7) is 1.37. The molecule has 0 amide bonds. The first-order valence-corrected chi connectivity index (χ1v) is 8.59. The van der Waals surface area contributed by atoms with Crippen molar-refractivity contribution >= 4 is 0 Å². The fourth-order valence-electron chi connectivity index (χ4n) is 5.09. The Hall–Kier alpha value is -0.0400. The average molecular weight is 247 g/mol. The minimum absolute atomic E-state index is 0.737. The van der Waals surface area contributed by atoms with E-state index in [1.54, 1.807) is 32.1 Å². The molecule has 4 fully saturated rings. The predicted octanol–water partition coefficient (Wildman–Crippen LogP) is 4.13. The summed E-state index contributed by atoms with van der Waals surface area (Å²) in [5.41, 5.74) is 0.737. The molecule has 0 aromatic rings. The molecule has 0 bridgehead atoms. The third-order valence-electron chi connectivity index (χ3n) is 6.45. The second-order valence-corrected chi connectivity index (χ2v) is 7.87. The zero-order chi connectivity index (χ0) is 12.0. The van der Waals surface area contributed by atoms with Gasteiger partial charge in [0.1, 0.15) is 0 Å². The molecular formula is C17H29N. The molecule has 0 saturated heterocycles. The molecule has 4 aliphatic rings. The molecule has 0 radical (unpaired) electrons. The highest BCUT2D eigenvalue weighted by atomic mass is 15.0. The third kappa shape index (κ3) is 2.24. The summed E-state index contributed by atoms with van der Waals surface area (Å²) < 4.78 is 0.